The highest BCUT2D eigenvalue weighted by Crippen LogP contribution is 2.20. The summed E-state index contributed by atoms with van der Waals surface area (Å²) in [6.07, 6.45) is 0. The maximum absolute atomic E-state index is 11.9. The van der Waals surface area contributed by atoms with E-state index < -0.39 is 0 Å². The average molecular weight is 301 g/mol. The summed E-state index contributed by atoms with van der Waals surface area (Å²) in [7, 11) is 0. The number of hydrogen-bond donors (Lipinski definition) is 0. The molecule has 0 fully saturated rings. The van der Waals surface area contributed by atoms with Crippen LogP contribution in [-0.2, 0) is 6.61 Å². The summed E-state index contributed by atoms with van der Waals surface area (Å²) in [6.45, 7) is 6.16. The molecule has 21 heavy (non-hydrogen) atoms. The molecule has 2 aromatic heterocycles. The van der Waals surface area contributed by atoms with Crippen molar-refractivity contribution in [2.24, 2.45) is 0 Å². The van der Waals surface area contributed by atoms with Crippen LogP contribution in [0.1, 0.15) is 21.8 Å². The molecule has 0 atom stereocenters. The van der Waals surface area contributed by atoms with E-state index >= 15 is 0 Å². The van der Waals surface area contributed by atoms with Crippen molar-refractivity contribution in [3.8, 4) is 5.75 Å². The molecule has 0 saturated heterocycles. The molecule has 0 unspecified atom stereocenters. The molecule has 0 N–H and O–H groups in total. The molecule has 0 saturated carbocycles. The van der Waals surface area contributed by atoms with E-state index in [2.05, 4.69) is 16.1 Å². The van der Waals surface area contributed by atoms with Gasteiger partial charge in [-0.3, -0.25) is 4.79 Å². The van der Waals surface area contributed by atoms with E-state index in [0.717, 1.165) is 16.3 Å². The highest BCUT2D eigenvalue weighted by Gasteiger charge is 2.08. The summed E-state index contributed by atoms with van der Waals surface area (Å²) in [4.78, 5) is 17.0. The highest BCUT2D eigenvalue weighted by molar-refractivity contribution is 7.16. The van der Waals surface area contributed by atoms with Crippen LogP contribution in [0.25, 0.3) is 4.96 Å². The summed E-state index contributed by atoms with van der Waals surface area (Å²) < 4.78 is 7.08. The third-order valence-corrected chi connectivity index (χ3v) is 3.93. The zero-order valence-corrected chi connectivity index (χ0v) is 12.9. The maximum Gasteiger partial charge on any atom is 0.275 e. The van der Waals surface area contributed by atoms with E-state index in [4.69, 9.17) is 4.74 Å². The highest BCUT2D eigenvalue weighted by atomic mass is 32.1. The molecule has 6 heteroatoms. The van der Waals surface area contributed by atoms with Crippen molar-refractivity contribution in [1.82, 2.24) is 14.6 Å². The summed E-state index contributed by atoms with van der Waals surface area (Å²) in [5.41, 5.74) is 2.70. The topological polar surface area (TPSA) is 56.5 Å². The van der Waals surface area contributed by atoms with E-state index in [-0.39, 0.29) is 12.2 Å². The third-order valence-electron chi connectivity index (χ3n) is 3.11. The van der Waals surface area contributed by atoms with Gasteiger partial charge in [-0.05, 0) is 32.4 Å². The molecule has 5 nitrogen and oxygen atoms in total. The minimum Gasteiger partial charge on any atom is -0.487 e. The smallest absolute Gasteiger partial charge is 0.275 e. The molecular weight excluding hydrogens is 286 g/mol. The van der Waals surface area contributed by atoms with Gasteiger partial charge in [0.25, 0.3) is 5.56 Å². The Morgan fingerprint density at radius 3 is 2.81 bits per heavy atom. The van der Waals surface area contributed by atoms with Gasteiger partial charge in [0.2, 0.25) is 4.96 Å². The van der Waals surface area contributed by atoms with E-state index in [1.807, 2.05) is 32.9 Å². The quantitative estimate of drug-likeness (QED) is 0.746. The van der Waals surface area contributed by atoms with Crippen molar-refractivity contribution >= 4 is 16.3 Å². The molecule has 0 radical (unpaired) electrons. The Bertz CT molecular complexity index is 867. The van der Waals surface area contributed by atoms with Crippen LogP contribution in [0.2, 0.25) is 0 Å². The SMILES string of the molecule is Cc1ccc(OCc2cc(=O)n3nc(C)sc3n2)c(C)c1. The lowest BCUT2D eigenvalue weighted by Gasteiger charge is -2.09. The Hall–Kier alpha value is -2.21. The summed E-state index contributed by atoms with van der Waals surface area (Å²) >= 11 is 1.39. The Kier molecular flexibility index (Phi) is 3.47. The molecule has 0 amide bonds. The van der Waals surface area contributed by atoms with Gasteiger partial charge in [0.1, 0.15) is 17.4 Å². The number of ether oxygens (including phenoxy) is 1. The number of fused-ring (bicyclic) bond motifs is 1. The second-order valence-corrected chi connectivity index (χ2v) is 6.12. The predicted octanol–water partition coefficient (Wildman–Crippen LogP) is 2.66. The molecule has 0 aliphatic carbocycles. The minimum absolute atomic E-state index is 0.177. The monoisotopic (exact) mass is 301 g/mol. The molecule has 0 bridgehead atoms. The molecular formula is C15H15N3O2S. The predicted molar refractivity (Wildman–Crippen MR) is 82.1 cm³/mol. The van der Waals surface area contributed by atoms with Gasteiger partial charge in [-0.25, -0.2) is 4.98 Å². The lowest BCUT2D eigenvalue weighted by Crippen LogP contribution is -2.16. The van der Waals surface area contributed by atoms with Crippen molar-refractivity contribution in [1.29, 1.82) is 0 Å². The van der Waals surface area contributed by atoms with E-state index in [1.165, 1.54) is 27.5 Å². The third kappa shape index (κ3) is 2.80. The lowest BCUT2D eigenvalue weighted by atomic mass is 10.1. The number of rotatable bonds is 3. The number of nitrogens with zero attached hydrogens (tertiary/aromatic N) is 3. The molecule has 108 valence electrons. The van der Waals surface area contributed by atoms with Crippen molar-refractivity contribution in [3.05, 3.63) is 56.4 Å². The molecule has 1 aromatic carbocycles. The van der Waals surface area contributed by atoms with Crippen LogP contribution in [0.5, 0.6) is 5.75 Å². The molecule has 0 spiro atoms. The van der Waals surface area contributed by atoms with E-state index in [0.29, 0.717) is 10.7 Å². The first-order valence-corrected chi connectivity index (χ1v) is 7.41. The largest absolute Gasteiger partial charge is 0.487 e. The van der Waals surface area contributed by atoms with Gasteiger partial charge >= 0.3 is 0 Å². The van der Waals surface area contributed by atoms with Crippen molar-refractivity contribution in [2.75, 3.05) is 0 Å². The van der Waals surface area contributed by atoms with Crippen LogP contribution in [0, 0.1) is 20.8 Å². The Balaban J connectivity index is 1.86. The van der Waals surface area contributed by atoms with Crippen LogP contribution in [-0.4, -0.2) is 14.6 Å². The molecule has 2 heterocycles. The van der Waals surface area contributed by atoms with Gasteiger partial charge in [0.15, 0.2) is 0 Å². The number of benzene rings is 1. The van der Waals surface area contributed by atoms with Crippen LogP contribution in [0.15, 0.2) is 29.1 Å². The summed E-state index contributed by atoms with van der Waals surface area (Å²) in [5.74, 6) is 0.808. The average Bonchev–Trinajstić information content (AvgIpc) is 2.79. The summed E-state index contributed by atoms with van der Waals surface area (Å²) in [5, 5.41) is 4.93. The lowest BCUT2D eigenvalue weighted by molar-refractivity contribution is 0.299. The van der Waals surface area contributed by atoms with Crippen molar-refractivity contribution in [3.63, 3.8) is 0 Å². The number of aryl methyl sites for hydroxylation is 3. The zero-order valence-electron chi connectivity index (χ0n) is 12.1. The van der Waals surface area contributed by atoms with E-state index in [9.17, 15) is 4.79 Å². The van der Waals surface area contributed by atoms with Gasteiger partial charge in [-0.1, -0.05) is 29.0 Å². The summed E-state index contributed by atoms with van der Waals surface area (Å²) in [6, 6.07) is 7.47. The van der Waals surface area contributed by atoms with Gasteiger partial charge in [0.05, 0.1) is 5.69 Å². The van der Waals surface area contributed by atoms with E-state index in [1.54, 1.807) is 0 Å². The second-order valence-electron chi connectivity index (χ2n) is 4.96. The molecule has 0 aliphatic rings. The molecule has 3 aromatic rings. The Morgan fingerprint density at radius 2 is 2.05 bits per heavy atom. The number of aromatic nitrogens is 3. The zero-order chi connectivity index (χ0) is 15.0. The maximum atomic E-state index is 11.9. The molecule has 3 rings (SSSR count). The normalized spacial score (nSPS) is 11.0. The van der Waals surface area contributed by atoms with Gasteiger partial charge in [0, 0.05) is 6.07 Å². The van der Waals surface area contributed by atoms with Crippen LogP contribution < -0.4 is 10.3 Å². The first kappa shape index (κ1) is 13.8. The van der Waals surface area contributed by atoms with Gasteiger partial charge < -0.3 is 4.74 Å². The fourth-order valence-corrected chi connectivity index (χ4v) is 2.91. The van der Waals surface area contributed by atoms with Crippen molar-refractivity contribution in [2.45, 2.75) is 27.4 Å². The second kappa shape index (κ2) is 5.29. The van der Waals surface area contributed by atoms with Gasteiger partial charge in [-0.2, -0.15) is 9.61 Å². The Morgan fingerprint density at radius 1 is 1.24 bits per heavy atom. The first-order chi connectivity index (χ1) is 10.0. The first-order valence-electron chi connectivity index (χ1n) is 6.59. The van der Waals surface area contributed by atoms with Crippen LogP contribution in [0.4, 0.5) is 0 Å². The van der Waals surface area contributed by atoms with Crippen LogP contribution >= 0.6 is 11.3 Å². The fraction of sp³-hybridized carbons (Fsp3) is 0.267. The minimum atomic E-state index is -0.177. The van der Waals surface area contributed by atoms with Crippen LogP contribution in [0.3, 0.4) is 0 Å². The number of hydrogen-bond acceptors (Lipinski definition) is 5. The van der Waals surface area contributed by atoms with Crippen molar-refractivity contribution < 1.29 is 4.74 Å². The van der Waals surface area contributed by atoms with Gasteiger partial charge in [-0.15, -0.1) is 0 Å². The molecule has 0 aliphatic heterocycles. The standard InChI is InChI=1S/C15H15N3O2S/c1-9-4-5-13(10(2)6-9)20-8-12-7-14(19)18-15(16-12)21-11(3)17-18/h4-7H,8H2,1-3H3. The Labute approximate surface area is 125 Å². The fourth-order valence-electron chi connectivity index (χ4n) is 2.14.